The van der Waals surface area contributed by atoms with E-state index in [9.17, 15) is 13.2 Å². The maximum absolute atomic E-state index is 12.3. The number of sulfone groups is 1. The Morgan fingerprint density at radius 3 is 2.43 bits per heavy atom. The summed E-state index contributed by atoms with van der Waals surface area (Å²) in [7, 11) is -1.30. The van der Waals surface area contributed by atoms with Gasteiger partial charge in [0.2, 0.25) is 0 Å². The van der Waals surface area contributed by atoms with Gasteiger partial charge in [0.15, 0.2) is 9.84 Å². The molecule has 2 rings (SSSR count). The lowest BCUT2D eigenvalue weighted by molar-refractivity contribution is 0.0941. The Morgan fingerprint density at radius 2 is 1.86 bits per heavy atom. The minimum atomic E-state index is -3.23. The summed E-state index contributed by atoms with van der Waals surface area (Å²) in [5.74, 6) is 0.233. The molecule has 0 fully saturated rings. The number of rotatable bonds is 7. The van der Waals surface area contributed by atoms with E-state index in [0.717, 1.165) is 11.7 Å². The number of nitrogens with zero attached hydrogens (tertiary/aromatic N) is 3. The van der Waals surface area contributed by atoms with Crippen molar-refractivity contribution in [2.24, 2.45) is 0 Å². The van der Waals surface area contributed by atoms with Crippen molar-refractivity contribution >= 4 is 21.6 Å². The molecule has 7 nitrogen and oxygen atoms in total. The largest absolute Gasteiger partial charge is 0.352 e. The van der Waals surface area contributed by atoms with Crippen molar-refractivity contribution in [3.63, 3.8) is 0 Å². The van der Waals surface area contributed by atoms with E-state index in [1.165, 1.54) is 23.4 Å². The number of aryl methyl sites for hydroxylation is 1. The van der Waals surface area contributed by atoms with E-state index in [-0.39, 0.29) is 11.7 Å². The first kappa shape index (κ1) is 21.6. The molecule has 1 N–H and O–H groups in total. The number of carbonyl (C=O) groups is 1. The highest BCUT2D eigenvalue weighted by atomic mass is 32.2. The molecule has 150 valence electrons. The van der Waals surface area contributed by atoms with Gasteiger partial charge in [0.25, 0.3) is 5.91 Å². The predicted octanol–water partition coefficient (Wildman–Crippen LogP) is 2.66. The zero-order valence-corrected chi connectivity index (χ0v) is 17.6. The number of benzene rings is 1. The Bertz CT molecular complexity index is 956. The third-order valence-electron chi connectivity index (χ3n) is 4.42. The first-order valence-electron chi connectivity index (χ1n) is 8.88. The predicted molar refractivity (Wildman–Crippen MR) is 111 cm³/mol. The second kappa shape index (κ2) is 8.97. The van der Waals surface area contributed by atoms with Crippen LogP contribution in [-0.4, -0.2) is 43.6 Å². The minimum Gasteiger partial charge on any atom is -0.352 e. The lowest BCUT2D eigenvalue weighted by atomic mass is 10.0. The zero-order chi connectivity index (χ0) is 20.9. The van der Waals surface area contributed by atoms with E-state index in [0.29, 0.717) is 5.82 Å². The summed E-state index contributed by atoms with van der Waals surface area (Å²) in [6.45, 7) is 5.83. The highest BCUT2D eigenvalue weighted by Crippen LogP contribution is 2.25. The van der Waals surface area contributed by atoms with Crippen LogP contribution in [0.25, 0.3) is 0 Å². The van der Waals surface area contributed by atoms with E-state index in [2.05, 4.69) is 41.3 Å². The van der Waals surface area contributed by atoms with Gasteiger partial charge >= 0.3 is 0 Å². The van der Waals surface area contributed by atoms with Gasteiger partial charge in [0.1, 0.15) is 11.5 Å². The van der Waals surface area contributed by atoms with Crippen LogP contribution in [0.1, 0.15) is 41.5 Å². The molecule has 2 aromatic rings. The molecule has 0 saturated heterocycles. The fourth-order valence-electron chi connectivity index (χ4n) is 2.67. The van der Waals surface area contributed by atoms with Crippen molar-refractivity contribution in [2.45, 2.75) is 32.9 Å². The van der Waals surface area contributed by atoms with Crippen LogP contribution < -0.4 is 10.2 Å². The van der Waals surface area contributed by atoms with Crippen LogP contribution in [0.5, 0.6) is 0 Å². The maximum atomic E-state index is 12.3. The molecule has 1 amide bonds. The molecule has 0 spiro atoms. The number of aromatic nitrogens is 2. The fourth-order valence-corrected chi connectivity index (χ4v) is 3.19. The van der Waals surface area contributed by atoms with Gasteiger partial charge in [-0.1, -0.05) is 30.3 Å². The Morgan fingerprint density at radius 1 is 1.18 bits per heavy atom. The van der Waals surface area contributed by atoms with Crippen LogP contribution in [-0.2, 0) is 9.84 Å². The normalized spacial score (nSPS) is 13.9. The number of anilines is 1. The van der Waals surface area contributed by atoms with Crippen molar-refractivity contribution in [2.75, 3.05) is 18.2 Å². The summed E-state index contributed by atoms with van der Waals surface area (Å²) in [4.78, 5) is 22.8. The Balaban J connectivity index is 2.07. The number of carbonyl (C=O) groups excluding carboxylic acids is 1. The molecule has 8 heteroatoms. The van der Waals surface area contributed by atoms with E-state index in [1.807, 2.05) is 24.1 Å². The van der Waals surface area contributed by atoms with Gasteiger partial charge in [-0.25, -0.2) is 18.4 Å². The highest BCUT2D eigenvalue weighted by Gasteiger charge is 2.17. The number of hydrogen-bond donors (Lipinski definition) is 1. The number of hydrogen-bond acceptors (Lipinski definition) is 6. The van der Waals surface area contributed by atoms with Crippen molar-refractivity contribution in [3.05, 3.63) is 65.0 Å². The Labute approximate surface area is 166 Å². The first-order valence-corrected chi connectivity index (χ1v) is 10.8. The fraction of sp³-hybridized carbons (Fsp3) is 0.350. The van der Waals surface area contributed by atoms with Crippen LogP contribution in [0.3, 0.4) is 0 Å². The summed E-state index contributed by atoms with van der Waals surface area (Å²) in [6, 6.07) is 7.80. The van der Waals surface area contributed by atoms with E-state index in [1.54, 1.807) is 13.1 Å². The Kier molecular flexibility index (Phi) is 6.90. The maximum Gasteiger partial charge on any atom is 0.271 e. The van der Waals surface area contributed by atoms with Crippen LogP contribution in [0.2, 0.25) is 0 Å². The molecule has 0 radical (unpaired) electrons. The van der Waals surface area contributed by atoms with Crippen LogP contribution in [0.4, 0.5) is 5.82 Å². The molecule has 0 aliphatic carbocycles. The summed E-state index contributed by atoms with van der Waals surface area (Å²) >= 11 is 0. The first-order chi connectivity index (χ1) is 13.1. The van der Waals surface area contributed by atoms with Crippen molar-refractivity contribution in [1.82, 2.24) is 15.3 Å². The molecule has 2 atom stereocenters. The molecule has 1 aromatic heterocycles. The van der Waals surface area contributed by atoms with Gasteiger partial charge in [-0.2, -0.15) is 0 Å². The summed E-state index contributed by atoms with van der Waals surface area (Å²) in [5, 5.41) is 3.73. The smallest absolute Gasteiger partial charge is 0.271 e. The minimum absolute atomic E-state index is 0.0938. The standard InChI is InChI=1S/C20H26N4O3S/c1-14-8-6-7-9-17(14)16(3)24(4)19-13-21-18(12-22-19)20(25)23-15(2)10-11-28(5,26)27/h6-13,15-16H,1-5H3,(H,23,25)/b11-10+/t15-,16+/m1/s1. The van der Waals surface area contributed by atoms with Gasteiger partial charge in [-0.05, 0) is 31.9 Å². The van der Waals surface area contributed by atoms with Gasteiger partial charge in [0, 0.05) is 24.8 Å². The summed E-state index contributed by atoms with van der Waals surface area (Å²) in [5.41, 5.74) is 2.56. The molecule has 0 aliphatic heterocycles. The molecule has 0 aliphatic rings. The quantitative estimate of drug-likeness (QED) is 0.765. The van der Waals surface area contributed by atoms with E-state index in [4.69, 9.17) is 0 Å². The second-order valence-electron chi connectivity index (χ2n) is 6.82. The van der Waals surface area contributed by atoms with Gasteiger partial charge < -0.3 is 10.2 Å². The monoisotopic (exact) mass is 402 g/mol. The zero-order valence-electron chi connectivity index (χ0n) is 16.7. The molecule has 1 aromatic carbocycles. The van der Waals surface area contributed by atoms with Crippen molar-refractivity contribution in [1.29, 1.82) is 0 Å². The van der Waals surface area contributed by atoms with Gasteiger partial charge in [-0.3, -0.25) is 4.79 Å². The molecule has 28 heavy (non-hydrogen) atoms. The van der Waals surface area contributed by atoms with E-state index >= 15 is 0 Å². The van der Waals surface area contributed by atoms with Crippen LogP contribution in [0.15, 0.2) is 48.1 Å². The summed E-state index contributed by atoms with van der Waals surface area (Å²) in [6.07, 6.45) is 5.47. The van der Waals surface area contributed by atoms with E-state index < -0.39 is 21.8 Å². The Hall–Kier alpha value is -2.74. The summed E-state index contributed by atoms with van der Waals surface area (Å²) < 4.78 is 22.3. The average molecular weight is 403 g/mol. The topological polar surface area (TPSA) is 92.3 Å². The van der Waals surface area contributed by atoms with Crippen LogP contribution >= 0.6 is 0 Å². The SMILES string of the molecule is Cc1ccccc1[C@H](C)N(C)c1cnc(C(=O)N[C@H](C)/C=C/S(C)(=O)=O)cn1. The lowest BCUT2D eigenvalue weighted by Crippen LogP contribution is -2.32. The third-order valence-corrected chi connectivity index (χ3v) is 5.08. The van der Waals surface area contributed by atoms with Gasteiger partial charge in [0.05, 0.1) is 18.4 Å². The number of amides is 1. The molecular formula is C20H26N4O3S. The van der Waals surface area contributed by atoms with Crippen molar-refractivity contribution in [3.8, 4) is 0 Å². The average Bonchev–Trinajstić information content (AvgIpc) is 2.65. The molecule has 1 heterocycles. The molecule has 0 saturated carbocycles. The lowest BCUT2D eigenvalue weighted by Gasteiger charge is -2.27. The number of nitrogens with one attached hydrogen (secondary N) is 1. The van der Waals surface area contributed by atoms with Crippen molar-refractivity contribution < 1.29 is 13.2 Å². The molecule has 0 bridgehead atoms. The second-order valence-corrected chi connectivity index (χ2v) is 8.75. The third kappa shape index (κ3) is 5.88. The highest BCUT2D eigenvalue weighted by molar-refractivity contribution is 7.93. The van der Waals surface area contributed by atoms with Crippen LogP contribution in [0, 0.1) is 6.92 Å². The van der Waals surface area contributed by atoms with Gasteiger partial charge in [-0.15, -0.1) is 0 Å². The molecule has 0 unspecified atom stereocenters. The molecular weight excluding hydrogens is 376 g/mol.